The van der Waals surface area contributed by atoms with E-state index in [1.807, 2.05) is 34.9 Å². The molecule has 0 radical (unpaired) electrons. The van der Waals surface area contributed by atoms with Gasteiger partial charge in [-0.15, -0.1) is 10.2 Å². The van der Waals surface area contributed by atoms with Crippen LogP contribution in [0.4, 0.5) is 0 Å². The molecule has 0 amide bonds. The van der Waals surface area contributed by atoms with Crippen LogP contribution in [-0.4, -0.2) is 19.2 Å². The first-order chi connectivity index (χ1) is 11.6. The third-order valence-corrected chi connectivity index (χ3v) is 4.60. The molecular weight excluding hydrogens is 347 g/mol. The van der Waals surface area contributed by atoms with E-state index in [4.69, 9.17) is 23.2 Å². The van der Waals surface area contributed by atoms with Crippen molar-refractivity contribution in [3.63, 3.8) is 0 Å². The van der Waals surface area contributed by atoms with Crippen LogP contribution in [0.1, 0.15) is 11.3 Å². The number of halogens is 2. The highest BCUT2D eigenvalue weighted by molar-refractivity contribution is 6.33. The molecule has 0 bridgehead atoms. The average molecular weight is 359 g/mol. The summed E-state index contributed by atoms with van der Waals surface area (Å²) >= 11 is 12.4. The zero-order valence-electron chi connectivity index (χ0n) is 12.7. The second-order valence-electron chi connectivity index (χ2n) is 5.54. The van der Waals surface area contributed by atoms with Crippen LogP contribution in [-0.2, 0) is 6.54 Å². The van der Waals surface area contributed by atoms with Gasteiger partial charge in [0.05, 0.1) is 17.6 Å². The maximum atomic E-state index is 12.5. The Bertz CT molecular complexity index is 1150. The van der Waals surface area contributed by atoms with E-state index in [0.717, 1.165) is 16.6 Å². The van der Waals surface area contributed by atoms with Gasteiger partial charge in [0.15, 0.2) is 0 Å². The summed E-state index contributed by atoms with van der Waals surface area (Å²) in [5.41, 5.74) is 2.70. The van der Waals surface area contributed by atoms with Crippen LogP contribution in [0, 0.1) is 6.92 Å². The number of fused-ring (bicyclic) bond motifs is 3. The van der Waals surface area contributed by atoms with Gasteiger partial charge in [0.25, 0.3) is 5.56 Å². The van der Waals surface area contributed by atoms with Crippen LogP contribution in [0.3, 0.4) is 0 Å². The Balaban J connectivity index is 2.05. The maximum Gasteiger partial charge on any atom is 0.281 e. The van der Waals surface area contributed by atoms with E-state index >= 15 is 0 Å². The van der Waals surface area contributed by atoms with Crippen molar-refractivity contribution in [1.29, 1.82) is 0 Å². The highest BCUT2D eigenvalue weighted by Crippen LogP contribution is 2.25. The number of hydrogen-bond acceptors (Lipinski definition) is 3. The van der Waals surface area contributed by atoms with Crippen LogP contribution < -0.4 is 5.56 Å². The van der Waals surface area contributed by atoms with Crippen molar-refractivity contribution in [2.24, 2.45) is 0 Å². The van der Waals surface area contributed by atoms with E-state index in [0.29, 0.717) is 28.1 Å². The zero-order chi connectivity index (χ0) is 16.8. The summed E-state index contributed by atoms with van der Waals surface area (Å²) in [5.74, 6) is 0.475. The Morgan fingerprint density at radius 2 is 1.79 bits per heavy atom. The molecule has 0 unspecified atom stereocenters. The largest absolute Gasteiger partial charge is 0.304 e. The predicted molar refractivity (Wildman–Crippen MR) is 95.1 cm³/mol. The van der Waals surface area contributed by atoms with E-state index < -0.39 is 0 Å². The van der Waals surface area contributed by atoms with E-state index in [1.165, 1.54) is 0 Å². The quantitative estimate of drug-likeness (QED) is 0.548. The van der Waals surface area contributed by atoms with E-state index in [9.17, 15) is 4.79 Å². The molecule has 0 aliphatic rings. The van der Waals surface area contributed by atoms with Crippen LogP contribution in [0.15, 0.2) is 47.3 Å². The van der Waals surface area contributed by atoms with Gasteiger partial charge in [-0.2, -0.15) is 0 Å². The van der Waals surface area contributed by atoms with Gasteiger partial charge in [-0.1, -0.05) is 35.3 Å². The first-order valence-electron chi connectivity index (χ1n) is 7.33. The molecule has 7 heteroatoms. The van der Waals surface area contributed by atoms with Crippen molar-refractivity contribution in [3.05, 3.63) is 74.1 Å². The Hall–Kier alpha value is -2.37. The van der Waals surface area contributed by atoms with E-state index in [2.05, 4.69) is 10.2 Å². The molecule has 0 fully saturated rings. The summed E-state index contributed by atoms with van der Waals surface area (Å²) in [4.78, 5) is 12.5. The van der Waals surface area contributed by atoms with Crippen LogP contribution in [0.25, 0.3) is 16.8 Å². The van der Waals surface area contributed by atoms with Crippen molar-refractivity contribution in [2.75, 3.05) is 0 Å². The topological polar surface area (TPSA) is 52.2 Å². The molecule has 0 spiro atoms. The van der Waals surface area contributed by atoms with E-state index in [1.54, 1.807) is 23.5 Å². The molecule has 0 atom stereocenters. The van der Waals surface area contributed by atoms with Crippen LogP contribution in [0.5, 0.6) is 0 Å². The van der Waals surface area contributed by atoms with Gasteiger partial charge in [-0.3, -0.25) is 4.79 Å². The van der Waals surface area contributed by atoms with Gasteiger partial charge in [0.1, 0.15) is 5.69 Å². The van der Waals surface area contributed by atoms with Crippen molar-refractivity contribution in [3.8, 4) is 0 Å². The normalized spacial score (nSPS) is 11.5. The number of benzene rings is 2. The van der Waals surface area contributed by atoms with Gasteiger partial charge >= 0.3 is 0 Å². The fraction of sp³-hybridized carbons (Fsp3) is 0.118. The Morgan fingerprint density at radius 3 is 2.58 bits per heavy atom. The number of imidazole rings is 1. The first-order valence-corrected chi connectivity index (χ1v) is 8.09. The summed E-state index contributed by atoms with van der Waals surface area (Å²) in [5, 5.41) is 9.42. The van der Waals surface area contributed by atoms with Gasteiger partial charge < -0.3 is 4.57 Å². The Kier molecular flexibility index (Phi) is 3.55. The SMILES string of the molecule is Cc1nnc2n(Cc3cc(Cl)ccc3Cl)c3ccccc3n2c1=O. The third kappa shape index (κ3) is 2.28. The minimum Gasteiger partial charge on any atom is -0.304 e. The second-order valence-corrected chi connectivity index (χ2v) is 6.38. The number of aryl methyl sites for hydroxylation is 1. The number of aromatic nitrogens is 4. The molecule has 0 aliphatic carbocycles. The first kappa shape index (κ1) is 15.2. The lowest BCUT2D eigenvalue weighted by molar-refractivity contribution is 0.797. The smallest absolute Gasteiger partial charge is 0.281 e. The maximum absolute atomic E-state index is 12.5. The minimum atomic E-state index is -0.174. The molecule has 4 rings (SSSR count). The Labute approximate surface area is 147 Å². The molecule has 5 nitrogen and oxygen atoms in total. The fourth-order valence-corrected chi connectivity index (χ4v) is 3.20. The monoisotopic (exact) mass is 358 g/mol. The number of para-hydroxylation sites is 2. The molecule has 2 heterocycles. The van der Waals surface area contributed by atoms with Gasteiger partial charge in [-0.25, -0.2) is 4.40 Å². The fourth-order valence-electron chi connectivity index (χ4n) is 2.83. The number of nitrogens with zero attached hydrogens (tertiary/aromatic N) is 4. The highest BCUT2D eigenvalue weighted by atomic mass is 35.5. The minimum absolute atomic E-state index is 0.174. The van der Waals surface area contributed by atoms with Crippen molar-refractivity contribution in [1.82, 2.24) is 19.2 Å². The molecule has 0 N–H and O–H groups in total. The standard InChI is InChI=1S/C17H12Cl2N4O/c1-10-16(24)23-15-5-3-2-4-14(15)22(17(23)21-20-10)9-11-8-12(18)6-7-13(11)19/h2-8H,9H2,1H3. The predicted octanol–water partition coefficient (Wildman–Crippen LogP) is 3.71. The summed E-state index contributed by atoms with van der Waals surface area (Å²) in [7, 11) is 0. The number of hydrogen-bond donors (Lipinski definition) is 0. The molecule has 0 saturated carbocycles. The summed E-state index contributed by atoms with van der Waals surface area (Å²) in [6.07, 6.45) is 0. The highest BCUT2D eigenvalue weighted by Gasteiger charge is 2.16. The van der Waals surface area contributed by atoms with Gasteiger partial charge in [0, 0.05) is 10.0 Å². The zero-order valence-corrected chi connectivity index (χ0v) is 14.2. The van der Waals surface area contributed by atoms with Crippen LogP contribution >= 0.6 is 23.2 Å². The van der Waals surface area contributed by atoms with Crippen LogP contribution in [0.2, 0.25) is 10.0 Å². The molecule has 120 valence electrons. The third-order valence-electron chi connectivity index (χ3n) is 3.99. The molecule has 0 aliphatic heterocycles. The van der Waals surface area contributed by atoms with E-state index in [-0.39, 0.29) is 5.56 Å². The molecule has 2 aromatic carbocycles. The lowest BCUT2D eigenvalue weighted by Crippen LogP contribution is -2.19. The summed E-state index contributed by atoms with van der Waals surface area (Å²) < 4.78 is 3.50. The lowest BCUT2D eigenvalue weighted by Gasteiger charge is -2.08. The van der Waals surface area contributed by atoms with Gasteiger partial charge in [0.2, 0.25) is 5.78 Å². The average Bonchev–Trinajstić information content (AvgIpc) is 2.89. The molecule has 0 saturated heterocycles. The Morgan fingerprint density at radius 1 is 1.04 bits per heavy atom. The second kappa shape index (κ2) is 5.61. The summed E-state index contributed by atoms with van der Waals surface area (Å²) in [6, 6.07) is 13.0. The number of rotatable bonds is 2. The van der Waals surface area contributed by atoms with Crippen molar-refractivity contribution >= 4 is 40.0 Å². The lowest BCUT2D eigenvalue weighted by atomic mass is 10.2. The van der Waals surface area contributed by atoms with Crippen molar-refractivity contribution < 1.29 is 0 Å². The molecule has 2 aromatic heterocycles. The van der Waals surface area contributed by atoms with Crippen molar-refractivity contribution in [2.45, 2.75) is 13.5 Å². The molecule has 4 aromatic rings. The molecular formula is C17H12Cl2N4O. The summed E-state index contributed by atoms with van der Waals surface area (Å²) in [6.45, 7) is 2.09. The van der Waals surface area contributed by atoms with Gasteiger partial charge in [-0.05, 0) is 42.8 Å². The molecule has 24 heavy (non-hydrogen) atoms.